The molecule has 4 N–H and O–H groups in total. The van der Waals surface area contributed by atoms with Crippen molar-refractivity contribution in [2.45, 2.75) is 155 Å². The molecule has 0 fully saturated rings. The fraction of sp³-hybridized carbons (Fsp3) is 0.750. The van der Waals surface area contributed by atoms with E-state index in [4.69, 9.17) is 20.4 Å². The average Bonchev–Trinajstić information content (AvgIpc) is 2.86. The third kappa shape index (κ3) is 35.9. The highest BCUT2D eigenvalue weighted by atomic mass is 16.4. The standard InChI is InChI=1S/2C13H26O2.C6H6O2/c2*1-2-3-4-5-6-7-8-9-10-11-12-13(14)15;7-5-2-1-3-6(8)4-5/h2*2-12H2,1H3,(H,14,15);1-4,7-8H. The number of phenolic OH excluding ortho intramolecular Hbond substituents is 2. The van der Waals surface area contributed by atoms with Crippen LogP contribution in [0.1, 0.15) is 155 Å². The molecule has 0 heterocycles. The fourth-order valence-corrected chi connectivity index (χ4v) is 4.02. The topological polar surface area (TPSA) is 115 Å². The molecule has 222 valence electrons. The van der Waals surface area contributed by atoms with Crippen LogP contribution in [0, 0.1) is 0 Å². The highest BCUT2D eigenvalue weighted by Gasteiger charge is 1.97. The van der Waals surface area contributed by atoms with Crippen LogP contribution < -0.4 is 0 Å². The summed E-state index contributed by atoms with van der Waals surface area (Å²) in [5.74, 6) is -1.14. The van der Waals surface area contributed by atoms with Gasteiger partial charge in [-0.3, -0.25) is 9.59 Å². The Labute approximate surface area is 232 Å². The molecule has 0 radical (unpaired) electrons. The van der Waals surface area contributed by atoms with E-state index < -0.39 is 11.9 Å². The minimum absolute atomic E-state index is 0.0880. The summed E-state index contributed by atoms with van der Waals surface area (Å²) in [6, 6.07) is 5.85. The molecule has 6 heteroatoms. The van der Waals surface area contributed by atoms with Gasteiger partial charge in [0.25, 0.3) is 0 Å². The largest absolute Gasteiger partial charge is 0.508 e. The number of unbranched alkanes of at least 4 members (excludes halogenated alkanes) is 18. The zero-order valence-corrected chi connectivity index (χ0v) is 24.5. The SMILES string of the molecule is CCCCCCCCCCCCC(=O)O.CCCCCCCCCCCCC(=O)O.Oc1cccc(O)c1. The van der Waals surface area contributed by atoms with Crippen LogP contribution in [0.2, 0.25) is 0 Å². The van der Waals surface area contributed by atoms with Gasteiger partial charge in [0.05, 0.1) is 0 Å². The maximum Gasteiger partial charge on any atom is 0.303 e. The molecule has 1 aromatic rings. The Balaban J connectivity index is 0. The van der Waals surface area contributed by atoms with E-state index in [1.807, 2.05) is 0 Å². The molecule has 0 spiro atoms. The third-order valence-corrected chi connectivity index (χ3v) is 6.32. The molecular weight excluding hydrogens is 480 g/mol. The second-order valence-corrected chi connectivity index (χ2v) is 10.2. The van der Waals surface area contributed by atoms with Gasteiger partial charge in [0, 0.05) is 18.9 Å². The lowest BCUT2D eigenvalue weighted by Crippen LogP contribution is -1.93. The van der Waals surface area contributed by atoms with E-state index in [0.717, 1.165) is 25.7 Å². The van der Waals surface area contributed by atoms with Gasteiger partial charge in [-0.1, -0.05) is 135 Å². The first-order valence-corrected chi connectivity index (χ1v) is 15.2. The summed E-state index contributed by atoms with van der Waals surface area (Å²) in [4.78, 5) is 20.5. The first kappa shape index (κ1) is 37.9. The molecule has 0 aliphatic carbocycles. The molecule has 0 saturated heterocycles. The number of aromatic hydroxyl groups is 2. The highest BCUT2D eigenvalue weighted by molar-refractivity contribution is 5.66. The zero-order chi connectivity index (χ0) is 28.7. The van der Waals surface area contributed by atoms with Crippen LogP contribution in [0.25, 0.3) is 0 Å². The third-order valence-electron chi connectivity index (χ3n) is 6.32. The molecule has 0 aliphatic rings. The first-order chi connectivity index (χ1) is 18.3. The van der Waals surface area contributed by atoms with Crippen molar-refractivity contribution in [3.05, 3.63) is 24.3 Å². The van der Waals surface area contributed by atoms with Crippen LogP contribution in [0.3, 0.4) is 0 Å². The number of hydrogen-bond acceptors (Lipinski definition) is 4. The van der Waals surface area contributed by atoms with E-state index in [-0.39, 0.29) is 11.5 Å². The van der Waals surface area contributed by atoms with Gasteiger partial charge < -0.3 is 20.4 Å². The monoisotopic (exact) mass is 538 g/mol. The van der Waals surface area contributed by atoms with Crippen molar-refractivity contribution >= 4 is 11.9 Å². The Morgan fingerprint density at radius 1 is 0.500 bits per heavy atom. The van der Waals surface area contributed by atoms with Crippen molar-refractivity contribution in [1.29, 1.82) is 0 Å². The number of carbonyl (C=O) groups is 2. The minimum Gasteiger partial charge on any atom is -0.508 e. The smallest absolute Gasteiger partial charge is 0.303 e. The molecule has 0 atom stereocenters. The van der Waals surface area contributed by atoms with Crippen LogP contribution in [0.4, 0.5) is 0 Å². The molecule has 1 aromatic carbocycles. The van der Waals surface area contributed by atoms with E-state index >= 15 is 0 Å². The number of phenols is 2. The Hall–Kier alpha value is -2.24. The Morgan fingerprint density at radius 3 is 0.974 bits per heavy atom. The lowest BCUT2D eigenvalue weighted by molar-refractivity contribution is -0.138. The van der Waals surface area contributed by atoms with Crippen LogP contribution >= 0.6 is 0 Å². The number of carboxylic acids is 2. The summed E-state index contributed by atoms with van der Waals surface area (Å²) in [7, 11) is 0. The molecule has 1 rings (SSSR count). The number of carboxylic acid groups (broad SMARTS) is 2. The summed E-state index contributed by atoms with van der Waals surface area (Å²) in [6.45, 7) is 4.48. The normalized spacial score (nSPS) is 10.2. The van der Waals surface area contributed by atoms with Crippen LogP contribution in [-0.2, 0) is 9.59 Å². The molecule has 0 aromatic heterocycles. The number of aliphatic carboxylic acids is 2. The van der Waals surface area contributed by atoms with Crippen molar-refractivity contribution in [3.8, 4) is 11.5 Å². The lowest BCUT2D eigenvalue weighted by Gasteiger charge is -2.01. The van der Waals surface area contributed by atoms with Gasteiger partial charge in [-0.25, -0.2) is 0 Å². The van der Waals surface area contributed by atoms with E-state index in [9.17, 15) is 9.59 Å². The molecule has 0 unspecified atom stereocenters. The minimum atomic E-state index is -0.658. The van der Waals surface area contributed by atoms with Gasteiger partial charge in [-0.05, 0) is 25.0 Å². The van der Waals surface area contributed by atoms with Crippen molar-refractivity contribution < 1.29 is 30.0 Å². The predicted molar refractivity (Wildman–Crippen MR) is 158 cm³/mol. The molecular formula is C32H58O6. The summed E-state index contributed by atoms with van der Waals surface area (Å²) in [5.41, 5.74) is 0. The average molecular weight is 539 g/mol. The Bertz CT molecular complexity index is 595. The van der Waals surface area contributed by atoms with Gasteiger partial charge in [0.2, 0.25) is 0 Å². The van der Waals surface area contributed by atoms with E-state index in [1.54, 1.807) is 6.07 Å². The van der Waals surface area contributed by atoms with Crippen molar-refractivity contribution in [3.63, 3.8) is 0 Å². The number of rotatable bonds is 22. The second-order valence-electron chi connectivity index (χ2n) is 10.2. The summed E-state index contributed by atoms with van der Waals surface area (Å²) in [5, 5.41) is 34.2. The van der Waals surface area contributed by atoms with Gasteiger partial charge in [-0.15, -0.1) is 0 Å². The summed E-state index contributed by atoms with van der Waals surface area (Å²) >= 11 is 0. The molecule has 0 saturated carbocycles. The maximum absolute atomic E-state index is 10.2. The molecule has 38 heavy (non-hydrogen) atoms. The predicted octanol–water partition coefficient (Wildman–Crippen LogP) is 9.86. The Morgan fingerprint density at radius 2 is 0.763 bits per heavy atom. The van der Waals surface area contributed by atoms with E-state index in [0.29, 0.717) is 12.8 Å². The second kappa shape index (κ2) is 31.0. The van der Waals surface area contributed by atoms with Crippen LogP contribution in [0.15, 0.2) is 24.3 Å². The van der Waals surface area contributed by atoms with Gasteiger partial charge >= 0.3 is 11.9 Å². The van der Waals surface area contributed by atoms with Gasteiger partial charge in [0.15, 0.2) is 0 Å². The van der Waals surface area contributed by atoms with Gasteiger partial charge in [-0.2, -0.15) is 0 Å². The zero-order valence-electron chi connectivity index (χ0n) is 24.5. The highest BCUT2D eigenvalue weighted by Crippen LogP contribution is 2.15. The Kier molecular flexibility index (Phi) is 30.9. The van der Waals surface area contributed by atoms with Crippen molar-refractivity contribution in [1.82, 2.24) is 0 Å². The first-order valence-electron chi connectivity index (χ1n) is 15.2. The maximum atomic E-state index is 10.2. The van der Waals surface area contributed by atoms with Crippen LogP contribution in [-0.4, -0.2) is 32.4 Å². The van der Waals surface area contributed by atoms with E-state index in [2.05, 4.69) is 13.8 Å². The number of benzene rings is 1. The van der Waals surface area contributed by atoms with Crippen molar-refractivity contribution in [2.75, 3.05) is 0 Å². The lowest BCUT2D eigenvalue weighted by atomic mass is 10.1. The fourth-order valence-electron chi connectivity index (χ4n) is 4.02. The number of hydrogen-bond donors (Lipinski definition) is 4. The molecule has 0 amide bonds. The molecule has 0 bridgehead atoms. The molecule has 0 aliphatic heterocycles. The van der Waals surface area contributed by atoms with Crippen molar-refractivity contribution in [2.24, 2.45) is 0 Å². The summed E-state index contributed by atoms with van der Waals surface area (Å²) < 4.78 is 0. The quantitative estimate of drug-likeness (QED) is 0.109. The van der Waals surface area contributed by atoms with E-state index in [1.165, 1.54) is 121 Å². The van der Waals surface area contributed by atoms with Crippen LogP contribution in [0.5, 0.6) is 11.5 Å². The summed E-state index contributed by atoms with van der Waals surface area (Å²) in [6.07, 6.45) is 25.8. The van der Waals surface area contributed by atoms with Gasteiger partial charge in [0.1, 0.15) is 11.5 Å². The molecule has 6 nitrogen and oxygen atoms in total.